The fourth-order valence-corrected chi connectivity index (χ4v) is 4.45. The lowest BCUT2D eigenvalue weighted by atomic mass is 9.69. The number of aromatic hydroxyl groups is 1. The zero-order chi connectivity index (χ0) is 14.5. The summed E-state index contributed by atoms with van der Waals surface area (Å²) < 4.78 is 13.4. The Balaban J connectivity index is 1.73. The van der Waals surface area contributed by atoms with E-state index in [1.54, 1.807) is 12.1 Å². The summed E-state index contributed by atoms with van der Waals surface area (Å²) in [5.74, 6) is 0.0301. The second-order valence-electron chi connectivity index (χ2n) is 7.29. The maximum absolute atomic E-state index is 13.4. The van der Waals surface area contributed by atoms with Crippen LogP contribution in [-0.4, -0.2) is 11.1 Å². The second-order valence-corrected chi connectivity index (χ2v) is 7.29. The molecule has 20 heavy (non-hydrogen) atoms. The number of fused-ring (bicyclic) bond motifs is 2. The summed E-state index contributed by atoms with van der Waals surface area (Å²) in [6, 6.07) is 5.18. The molecular formula is C17H24FNO. The van der Waals surface area contributed by atoms with E-state index in [4.69, 9.17) is 0 Å². The van der Waals surface area contributed by atoms with Crippen LogP contribution in [0.25, 0.3) is 0 Å². The number of phenolic OH excluding ortho intramolecular Hbond substituents is 1. The van der Waals surface area contributed by atoms with Gasteiger partial charge in [-0.2, -0.15) is 0 Å². The van der Waals surface area contributed by atoms with Gasteiger partial charge in [0.1, 0.15) is 0 Å². The first-order valence-electron chi connectivity index (χ1n) is 7.56. The van der Waals surface area contributed by atoms with Crippen LogP contribution in [0.1, 0.15) is 45.6 Å². The highest BCUT2D eigenvalue weighted by atomic mass is 19.1. The molecule has 0 aromatic heterocycles. The third kappa shape index (κ3) is 1.79. The molecule has 0 saturated heterocycles. The third-order valence-electron chi connectivity index (χ3n) is 6.40. The molecule has 2 fully saturated rings. The summed E-state index contributed by atoms with van der Waals surface area (Å²) in [6.07, 6.45) is 3.78. The van der Waals surface area contributed by atoms with E-state index in [0.717, 1.165) is 5.92 Å². The number of halogens is 1. The lowest BCUT2D eigenvalue weighted by molar-refractivity contribution is 0.120. The minimum atomic E-state index is -0.538. The monoisotopic (exact) mass is 277 g/mol. The molecule has 3 rings (SSSR count). The molecule has 3 atom stereocenters. The first kappa shape index (κ1) is 13.9. The zero-order valence-corrected chi connectivity index (χ0v) is 12.5. The van der Waals surface area contributed by atoms with Gasteiger partial charge in [-0.05, 0) is 42.1 Å². The van der Waals surface area contributed by atoms with E-state index in [9.17, 15) is 9.50 Å². The second kappa shape index (κ2) is 4.45. The van der Waals surface area contributed by atoms with Crippen molar-refractivity contribution in [1.29, 1.82) is 0 Å². The van der Waals surface area contributed by atoms with Crippen LogP contribution in [0.15, 0.2) is 18.2 Å². The maximum atomic E-state index is 13.4. The molecule has 0 spiro atoms. The van der Waals surface area contributed by atoms with E-state index in [1.165, 1.54) is 25.3 Å². The normalized spacial score (nSPS) is 34.6. The molecule has 2 saturated carbocycles. The Hall–Kier alpha value is -1.09. The topological polar surface area (TPSA) is 32.3 Å². The Labute approximate surface area is 120 Å². The van der Waals surface area contributed by atoms with Crippen molar-refractivity contribution in [2.75, 3.05) is 0 Å². The van der Waals surface area contributed by atoms with Gasteiger partial charge in [0.15, 0.2) is 11.6 Å². The van der Waals surface area contributed by atoms with Crippen molar-refractivity contribution in [2.24, 2.45) is 16.7 Å². The highest BCUT2D eigenvalue weighted by Crippen LogP contribution is 2.65. The van der Waals surface area contributed by atoms with Crippen molar-refractivity contribution in [3.63, 3.8) is 0 Å². The Kier molecular flexibility index (Phi) is 3.09. The number of hydrogen-bond donors (Lipinski definition) is 2. The summed E-state index contributed by atoms with van der Waals surface area (Å²) in [6.45, 7) is 7.67. The summed E-state index contributed by atoms with van der Waals surface area (Å²) in [4.78, 5) is 0. The molecule has 2 N–H and O–H groups in total. The molecule has 3 heteroatoms. The highest BCUT2D eigenvalue weighted by Gasteiger charge is 2.60. The molecular weight excluding hydrogens is 253 g/mol. The molecule has 0 aliphatic heterocycles. The molecule has 2 bridgehead atoms. The molecule has 2 nitrogen and oxygen atoms in total. The minimum absolute atomic E-state index is 0.215. The van der Waals surface area contributed by atoms with Crippen molar-refractivity contribution in [2.45, 2.75) is 52.6 Å². The molecule has 110 valence electrons. The summed E-state index contributed by atoms with van der Waals surface area (Å²) in [5, 5.41) is 13.3. The fourth-order valence-electron chi connectivity index (χ4n) is 4.45. The van der Waals surface area contributed by atoms with Gasteiger partial charge in [-0.1, -0.05) is 32.9 Å². The first-order valence-corrected chi connectivity index (χ1v) is 7.56. The SMILES string of the molecule is CC1(C)C2CCC1(C)C(NCc1cccc(F)c1O)C2. The van der Waals surface area contributed by atoms with E-state index in [-0.39, 0.29) is 5.75 Å². The van der Waals surface area contributed by atoms with E-state index >= 15 is 0 Å². The number of nitrogens with one attached hydrogen (secondary N) is 1. The van der Waals surface area contributed by atoms with Crippen LogP contribution in [-0.2, 0) is 6.54 Å². The molecule has 2 aliphatic carbocycles. The Morgan fingerprint density at radius 3 is 2.70 bits per heavy atom. The third-order valence-corrected chi connectivity index (χ3v) is 6.40. The van der Waals surface area contributed by atoms with Crippen molar-refractivity contribution in [3.05, 3.63) is 29.6 Å². The van der Waals surface area contributed by atoms with Gasteiger partial charge in [0.25, 0.3) is 0 Å². The number of benzene rings is 1. The van der Waals surface area contributed by atoms with Crippen LogP contribution in [0.5, 0.6) is 5.75 Å². The van der Waals surface area contributed by atoms with Gasteiger partial charge in [0.05, 0.1) is 0 Å². The minimum Gasteiger partial charge on any atom is -0.505 e. The van der Waals surface area contributed by atoms with E-state index in [0.29, 0.717) is 29.0 Å². The predicted molar refractivity (Wildman–Crippen MR) is 77.9 cm³/mol. The Morgan fingerprint density at radius 2 is 2.10 bits per heavy atom. The molecule has 1 aromatic carbocycles. The number of hydrogen-bond acceptors (Lipinski definition) is 2. The molecule has 3 unspecified atom stereocenters. The zero-order valence-electron chi connectivity index (χ0n) is 12.5. The van der Waals surface area contributed by atoms with Gasteiger partial charge < -0.3 is 10.4 Å². The Morgan fingerprint density at radius 1 is 1.35 bits per heavy atom. The van der Waals surface area contributed by atoms with E-state index in [1.807, 2.05) is 0 Å². The highest BCUT2D eigenvalue weighted by molar-refractivity contribution is 5.33. The average Bonchev–Trinajstić information content (AvgIpc) is 2.73. The standard InChI is InChI=1S/C17H24FNO/c1-16(2)12-7-8-17(16,3)14(9-12)19-10-11-5-4-6-13(18)15(11)20/h4-6,12,14,19-20H,7-10H2,1-3H3. The predicted octanol–water partition coefficient (Wildman–Crippen LogP) is 3.84. The molecule has 2 aliphatic rings. The summed E-state index contributed by atoms with van der Waals surface area (Å²) in [5.41, 5.74) is 1.32. The van der Waals surface area contributed by atoms with Gasteiger partial charge in [-0.25, -0.2) is 4.39 Å². The quantitative estimate of drug-likeness (QED) is 0.880. The molecule has 1 aromatic rings. The average molecular weight is 277 g/mol. The van der Waals surface area contributed by atoms with Crippen molar-refractivity contribution < 1.29 is 9.50 Å². The molecule has 0 amide bonds. The van der Waals surface area contributed by atoms with Crippen molar-refractivity contribution in [3.8, 4) is 5.75 Å². The number of para-hydroxylation sites is 1. The summed E-state index contributed by atoms with van der Waals surface area (Å²) in [7, 11) is 0. The van der Waals surface area contributed by atoms with Gasteiger partial charge in [0, 0.05) is 18.2 Å². The van der Waals surface area contributed by atoms with Crippen LogP contribution in [0.3, 0.4) is 0 Å². The van der Waals surface area contributed by atoms with Gasteiger partial charge in [0.2, 0.25) is 0 Å². The number of rotatable bonds is 3. The largest absolute Gasteiger partial charge is 0.505 e. The van der Waals surface area contributed by atoms with E-state index < -0.39 is 5.82 Å². The van der Waals surface area contributed by atoms with Crippen molar-refractivity contribution >= 4 is 0 Å². The molecule has 0 heterocycles. The number of phenols is 1. The smallest absolute Gasteiger partial charge is 0.165 e. The van der Waals surface area contributed by atoms with Crippen LogP contribution in [0.2, 0.25) is 0 Å². The first-order chi connectivity index (χ1) is 9.36. The molecule has 0 radical (unpaired) electrons. The summed E-state index contributed by atoms with van der Waals surface area (Å²) >= 11 is 0. The van der Waals surface area contributed by atoms with Crippen LogP contribution in [0.4, 0.5) is 4.39 Å². The van der Waals surface area contributed by atoms with E-state index in [2.05, 4.69) is 26.1 Å². The van der Waals surface area contributed by atoms with Gasteiger partial charge in [-0.15, -0.1) is 0 Å². The Bertz CT molecular complexity index is 528. The van der Waals surface area contributed by atoms with Crippen LogP contribution >= 0.6 is 0 Å². The van der Waals surface area contributed by atoms with Crippen LogP contribution in [0, 0.1) is 22.6 Å². The lowest BCUT2D eigenvalue weighted by Crippen LogP contribution is -2.44. The fraction of sp³-hybridized carbons (Fsp3) is 0.647. The van der Waals surface area contributed by atoms with Gasteiger partial charge in [-0.3, -0.25) is 0 Å². The lowest BCUT2D eigenvalue weighted by Gasteiger charge is -2.39. The van der Waals surface area contributed by atoms with Crippen LogP contribution < -0.4 is 5.32 Å². The van der Waals surface area contributed by atoms with Crippen molar-refractivity contribution in [1.82, 2.24) is 5.32 Å². The van der Waals surface area contributed by atoms with Gasteiger partial charge >= 0.3 is 0 Å². The maximum Gasteiger partial charge on any atom is 0.165 e.